The first-order valence-corrected chi connectivity index (χ1v) is 12.3. The lowest BCUT2D eigenvalue weighted by molar-refractivity contribution is 0.0378. The average Bonchev–Trinajstić information content (AvgIpc) is 3.76. The maximum atomic E-state index is 12.7. The van der Waals surface area contributed by atoms with Crippen LogP contribution in [0.5, 0.6) is 23.5 Å². The topological polar surface area (TPSA) is 155 Å². The van der Waals surface area contributed by atoms with E-state index in [0.29, 0.717) is 27.8 Å². The van der Waals surface area contributed by atoms with Crippen LogP contribution in [0, 0.1) is 0 Å². The summed E-state index contributed by atoms with van der Waals surface area (Å²) < 4.78 is 1.49. The molecule has 0 saturated carbocycles. The lowest BCUT2D eigenvalue weighted by Gasteiger charge is -2.11. The van der Waals surface area contributed by atoms with Crippen LogP contribution in [0.15, 0.2) is 48.6 Å². The van der Waals surface area contributed by atoms with E-state index < -0.39 is 12.1 Å². The number of fused-ring (bicyclic) bond motifs is 10. The van der Waals surface area contributed by atoms with Crippen molar-refractivity contribution in [1.82, 2.24) is 14.8 Å². The average molecular weight is 517 g/mol. The standard InChI is InChI=1S/C27H23N3O8/c31-22-18-14-5-6-15(9-14)19(18)23(32)29(22)37-26(35)13-3-1-12(2-4-13)11-28-27(36)38-30-24(33)20-16-7-8-17(10-16)21(20)25(30)34/h1-8,14-17,31-34H,9-11H2,(H,28,36). The quantitative estimate of drug-likeness (QED) is 0.324. The second-order valence-electron chi connectivity index (χ2n) is 10.0. The number of nitrogens with zero attached hydrogens (tertiary/aromatic N) is 2. The number of aromatic nitrogens is 2. The molecule has 11 heteroatoms. The van der Waals surface area contributed by atoms with Crippen molar-refractivity contribution in [3.8, 4) is 23.5 Å². The zero-order valence-corrected chi connectivity index (χ0v) is 19.9. The number of hydrogen-bond donors (Lipinski definition) is 5. The van der Waals surface area contributed by atoms with Crippen LogP contribution in [0.4, 0.5) is 4.79 Å². The van der Waals surface area contributed by atoms with E-state index in [1.54, 1.807) is 12.1 Å². The van der Waals surface area contributed by atoms with Gasteiger partial charge in [-0.2, -0.15) is 0 Å². The van der Waals surface area contributed by atoms with Gasteiger partial charge in [-0.3, -0.25) is 0 Å². The van der Waals surface area contributed by atoms with Gasteiger partial charge in [-0.15, -0.1) is 9.46 Å². The molecular formula is C27H23N3O8. The molecule has 4 bridgehead atoms. The van der Waals surface area contributed by atoms with Crippen molar-refractivity contribution in [2.75, 3.05) is 0 Å². The van der Waals surface area contributed by atoms with Gasteiger partial charge in [0.05, 0.1) is 5.56 Å². The zero-order chi connectivity index (χ0) is 26.3. The summed E-state index contributed by atoms with van der Waals surface area (Å²) in [5, 5.41) is 44.5. The SMILES string of the molecule is O=C(NCc1ccc(C(=O)On2c(O)c3c(c2O)C2C=CC3C2)cc1)On1c(O)c2c(c1O)C1C=CC2C1. The molecule has 194 valence electrons. The molecule has 0 saturated heterocycles. The normalized spacial score (nSPS) is 23.1. The number of benzene rings is 1. The Morgan fingerprint density at radius 3 is 1.58 bits per heavy atom. The molecule has 1 amide bonds. The van der Waals surface area contributed by atoms with Crippen LogP contribution < -0.4 is 15.0 Å². The van der Waals surface area contributed by atoms with E-state index in [1.807, 2.05) is 24.3 Å². The number of amides is 1. The fourth-order valence-corrected chi connectivity index (χ4v) is 6.19. The summed E-state index contributed by atoms with van der Waals surface area (Å²) in [4.78, 5) is 35.4. The number of carbonyl (C=O) groups excluding carboxylic acids is 2. The molecule has 0 radical (unpaired) electrons. The molecular weight excluding hydrogens is 494 g/mol. The van der Waals surface area contributed by atoms with Crippen molar-refractivity contribution in [3.05, 3.63) is 82.0 Å². The summed E-state index contributed by atoms with van der Waals surface area (Å²) in [5.41, 5.74) is 3.15. The minimum Gasteiger partial charge on any atom is -0.492 e. The van der Waals surface area contributed by atoms with Crippen molar-refractivity contribution in [2.24, 2.45) is 0 Å². The molecule has 2 heterocycles. The highest BCUT2D eigenvalue weighted by molar-refractivity contribution is 5.89. The van der Waals surface area contributed by atoms with Crippen LogP contribution >= 0.6 is 0 Å². The summed E-state index contributed by atoms with van der Waals surface area (Å²) in [5.74, 6) is -1.93. The predicted octanol–water partition coefficient (Wildman–Crippen LogP) is 3.00. The molecule has 7 rings (SSSR count). The zero-order valence-electron chi connectivity index (χ0n) is 19.9. The number of hydrogen-bond acceptors (Lipinski definition) is 8. The van der Waals surface area contributed by atoms with E-state index in [-0.39, 0.29) is 59.3 Å². The molecule has 4 aliphatic carbocycles. The van der Waals surface area contributed by atoms with Crippen LogP contribution in [0.2, 0.25) is 0 Å². The fraction of sp³-hybridized carbons (Fsp3) is 0.259. The number of allylic oxidation sites excluding steroid dienone is 4. The molecule has 38 heavy (non-hydrogen) atoms. The van der Waals surface area contributed by atoms with Crippen molar-refractivity contribution in [1.29, 1.82) is 0 Å². The number of nitrogens with one attached hydrogen (secondary N) is 1. The third-order valence-electron chi connectivity index (χ3n) is 7.94. The Hall–Kier alpha value is -4.80. The lowest BCUT2D eigenvalue weighted by Crippen LogP contribution is -2.31. The van der Waals surface area contributed by atoms with Crippen LogP contribution in [-0.2, 0) is 6.54 Å². The Kier molecular flexibility index (Phi) is 4.63. The minimum absolute atomic E-state index is 0.00206. The largest absolute Gasteiger partial charge is 0.492 e. The summed E-state index contributed by atoms with van der Waals surface area (Å²) in [7, 11) is 0. The first-order valence-electron chi connectivity index (χ1n) is 12.3. The van der Waals surface area contributed by atoms with E-state index in [1.165, 1.54) is 12.1 Å². The van der Waals surface area contributed by atoms with Gasteiger partial charge in [0.1, 0.15) is 0 Å². The molecule has 4 unspecified atom stereocenters. The maximum Gasteiger partial charge on any atom is 0.432 e. The summed E-state index contributed by atoms with van der Waals surface area (Å²) in [6.07, 6.45) is 8.56. The Morgan fingerprint density at radius 1 is 0.711 bits per heavy atom. The Balaban J connectivity index is 0.982. The smallest absolute Gasteiger partial charge is 0.432 e. The van der Waals surface area contributed by atoms with E-state index in [0.717, 1.165) is 22.3 Å². The molecule has 0 aliphatic heterocycles. The van der Waals surface area contributed by atoms with Crippen LogP contribution in [0.3, 0.4) is 0 Å². The minimum atomic E-state index is -0.886. The Labute approximate surface area is 215 Å². The van der Waals surface area contributed by atoms with Crippen molar-refractivity contribution in [3.63, 3.8) is 0 Å². The van der Waals surface area contributed by atoms with E-state index in [9.17, 15) is 30.0 Å². The fourth-order valence-electron chi connectivity index (χ4n) is 6.19. The van der Waals surface area contributed by atoms with E-state index in [4.69, 9.17) is 9.68 Å². The van der Waals surface area contributed by atoms with Crippen molar-refractivity contribution in [2.45, 2.75) is 43.1 Å². The predicted molar refractivity (Wildman–Crippen MR) is 130 cm³/mol. The van der Waals surface area contributed by atoms with Gasteiger partial charge in [0.15, 0.2) is 0 Å². The van der Waals surface area contributed by atoms with Gasteiger partial charge in [0, 0.05) is 52.5 Å². The molecule has 0 fully saturated rings. The molecule has 0 spiro atoms. The van der Waals surface area contributed by atoms with Gasteiger partial charge >= 0.3 is 12.1 Å². The van der Waals surface area contributed by atoms with Crippen LogP contribution in [0.1, 0.15) is 74.7 Å². The third kappa shape index (κ3) is 3.07. The highest BCUT2D eigenvalue weighted by atomic mass is 16.7. The Bertz CT molecular complexity index is 1510. The monoisotopic (exact) mass is 517 g/mol. The Morgan fingerprint density at radius 2 is 1.13 bits per heavy atom. The van der Waals surface area contributed by atoms with Gasteiger partial charge in [-0.25, -0.2) is 9.59 Å². The van der Waals surface area contributed by atoms with Gasteiger partial charge in [-0.1, -0.05) is 36.4 Å². The first kappa shape index (κ1) is 22.4. The van der Waals surface area contributed by atoms with Gasteiger partial charge in [0.25, 0.3) is 0 Å². The lowest BCUT2D eigenvalue weighted by atomic mass is 10.0. The van der Waals surface area contributed by atoms with Gasteiger partial charge in [-0.05, 0) is 30.5 Å². The van der Waals surface area contributed by atoms with Crippen LogP contribution in [0.25, 0.3) is 0 Å². The summed E-state index contributed by atoms with van der Waals surface area (Å²) in [6.45, 7) is 0.0468. The third-order valence-corrected chi connectivity index (χ3v) is 7.94. The van der Waals surface area contributed by atoms with Gasteiger partial charge in [0.2, 0.25) is 23.5 Å². The molecule has 1 aromatic carbocycles. The van der Waals surface area contributed by atoms with Crippen molar-refractivity contribution < 1.29 is 39.7 Å². The number of aromatic hydroxyl groups is 4. The first-order chi connectivity index (χ1) is 18.3. The second-order valence-corrected chi connectivity index (χ2v) is 10.0. The molecule has 4 aliphatic rings. The molecule has 11 nitrogen and oxygen atoms in total. The molecule has 4 atom stereocenters. The summed E-state index contributed by atoms with van der Waals surface area (Å²) >= 11 is 0. The maximum absolute atomic E-state index is 12.7. The highest BCUT2D eigenvalue weighted by Gasteiger charge is 2.43. The highest BCUT2D eigenvalue weighted by Crippen LogP contribution is 2.57. The number of rotatable bonds is 5. The molecule has 2 aromatic heterocycles. The molecule has 3 aromatic rings. The van der Waals surface area contributed by atoms with Crippen molar-refractivity contribution >= 4 is 12.1 Å². The van der Waals surface area contributed by atoms with E-state index >= 15 is 0 Å². The van der Waals surface area contributed by atoms with Crippen LogP contribution in [-0.4, -0.2) is 41.9 Å². The van der Waals surface area contributed by atoms with E-state index in [2.05, 4.69) is 5.32 Å². The number of carbonyl (C=O) groups is 2. The molecule has 5 N–H and O–H groups in total. The second kappa shape index (κ2) is 7.85. The summed E-state index contributed by atoms with van der Waals surface area (Å²) in [6, 6.07) is 6.16. The van der Waals surface area contributed by atoms with Gasteiger partial charge < -0.3 is 35.4 Å².